The Morgan fingerprint density at radius 1 is 1.03 bits per heavy atom. The first kappa shape index (κ1) is 19.4. The Morgan fingerprint density at radius 3 is 2.47 bits per heavy atom. The van der Waals surface area contributed by atoms with Crippen molar-refractivity contribution >= 4 is 17.4 Å². The Kier molecular flexibility index (Phi) is 5.30. The average Bonchev–Trinajstić information content (AvgIpc) is 3.04. The SMILES string of the molecule is COc1ccccc1/C(O)=C1\C(=O)C(=O)N(Cc2cccnc2)C1c1ccccc1. The molecule has 1 unspecified atom stereocenters. The molecule has 1 N–H and O–H groups in total. The van der Waals surface area contributed by atoms with E-state index in [9.17, 15) is 14.7 Å². The number of ketones is 1. The molecular formula is C24H20N2O4. The Hall–Kier alpha value is -3.93. The lowest BCUT2D eigenvalue weighted by Crippen LogP contribution is -2.29. The first-order chi connectivity index (χ1) is 14.6. The molecule has 0 radical (unpaired) electrons. The summed E-state index contributed by atoms with van der Waals surface area (Å²) >= 11 is 0. The third-order valence-electron chi connectivity index (χ3n) is 5.09. The van der Waals surface area contributed by atoms with Gasteiger partial charge in [-0.05, 0) is 29.3 Å². The first-order valence-corrected chi connectivity index (χ1v) is 9.47. The van der Waals surface area contributed by atoms with Gasteiger partial charge in [0.25, 0.3) is 11.7 Å². The molecule has 30 heavy (non-hydrogen) atoms. The number of carbonyl (C=O) groups excluding carboxylic acids is 2. The smallest absolute Gasteiger partial charge is 0.295 e. The number of para-hydroxylation sites is 1. The number of aliphatic hydroxyl groups is 1. The number of nitrogens with zero attached hydrogens (tertiary/aromatic N) is 2. The second kappa shape index (κ2) is 8.21. The zero-order valence-corrected chi connectivity index (χ0v) is 16.4. The molecule has 0 spiro atoms. The average molecular weight is 400 g/mol. The summed E-state index contributed by atoms with van der Waals surface area (Å²) in [6, 6.07) is 18.9. The van der Waals surface area contributed by atoms with Gasteiger partial charge in [0.1, 0.15) is 11.5 Å². The van der Waals surface area contributed by atoms with Gasteiger partial charge in [-0.3, -0.25) is 14.6 Å². The quantitative estimate of drug-likeness (QED) is 0.401. The summed E-state index contributed by atoms with van der Waals surface area (Å²) in [5.41, 5.74) is 1.93. The number of Topliss-reactive ketones (excluding diaryl/α,β-unsaturated/α-hetero) is 1. The van der Waals surface area contributed by atoms with Crippen LogP contribution in [0.1, 0.15) is 22.7 Å². The van der Waals surface area contributed by atoms with E-state index in [0.29, 0.717) is 11.3 Å². The van der Waals surface area contributed by atoms with Crippen molar-refractivity contribution in [1.82, 2.24) is 9.88 Å². The molecule has 1 aliphatic heterocycles. The van der Waals surface area contributed by atoms with E-state index >= 15 is 0 Å². The second-order valence-corrected chi connectivity index (χ2v) is 6.90. The lowest BCUT2D eigenvalue weighted by atomic mass is 9.95. The van der Waals surface area contributed by atoms with Gasteiger partial charge in [0, 0.05) is 18.9 Å². The molecule has 4 rings (SSSR count). The molecule has 1 fully saturated rings. The van der Waals surface area contributed by atoms with Crippen LogP contribution >= 0.6 is 0 Å². The van der Waals surface area contributed by atoms with Gasteiger partial charge in [0.2, 0.25) is 0 Å². The van der Waals surface area contributed by atoms with Gasteiger partial charge in [0.05, 0.1) is 24.3 Å². The summed E-state index contributed by atoms with van der Waals surface area (Å²) in [6.07, 6.45) is 3.30. The maximum Gasteiger partial charge on any atom is 0.295 e. The monoisotopic (exact) mass is 400 g/mol. The Balaban J connectivity index is 1.88. The van der Waals surface area contributed by atoms with E-state index in [0.717, 1.165) is 11.1 Å². The van der Waals surface area contributed by atoms with Gasteiger partial charge < -0.3 is 14.7 Å². The molecule has 3 aromatic rings. The molecule has 1 atom stereocenters. The highest BCUT2D eigenvalue weighted by molar-refractivity contribution is 6.46. The minimum Gasteiger partial charge on any atom is -0.507 e. The molecule has 0 aliphatic carbocycles. The number of hydrogen-bond acceptors (Lipinski definition) is 5. The summed E-state index contributed by atoms with van der Waals surface area (Å²) in [6.45, 7) is 0.195. The number of ether oxygens (including phenoxy) is 1. The number of methoxy groups -OCH3 is 1. The van der Waals surface area contributed by atoms with Crippen molar-refractivity contribution < 1.29 is 19.4 Å². The molecule has 6 heteroatoms. The van der Waals surface area contributed by atoms with Gasteiger partial charge in [-0.1, -0.05) is 48.5 Å². The predicted molar refractivity (Wildman–Crippen MR) is 112 cm³/mol. The molecule has 1 aromatic heterocycles. The number of aliphatic hydroxyl groups excluding tert-OH is 1. The van der Waals surface area contributed by atoms with Crippen molar-refractivity contribution in [3.63, 3.8) is 0 Å². The van der Waals surface area contributed by atoms with Gasteiger partial charge in [-0.25, -0.2) is 0 Å². The fourth-order valence-corrected chi connectivity index (χ4v) is 3.70. The second-order valence-electron chi connectivity index (χ2n) is 6.90. The molecular weight excluding hydrogens is 380 g/mol. The highest BCUT2D eigenvalue weighted by atomic mass is 16.5. The molecule has 0 saturated carbocycles. The number of carbonyl (C=O) groups is 2. The van der Waals surface area contributed by atoms with Gasteiger partial charge >= 0.3 is 0 Å². The minimum atomic E-state index is -0.726. The number of benzene rings is 2. The maximum absolute atomic E-state index is 13.0. The molecule has 1 aliphatic rings. The molecule has 2 heterocycles. The van der Waals surface area contributed by atoms with Crippen LogP contribution in [0.2, 0.25) is 0 Å². The van der Waals surface area contributed by atoms with Crippen molar-refractivity contribution in [2.75, 3.05) is 7.11 Å². The Bertz CT molecular complexity index is 1110. The molecule has 0 bridgehead atoms. The number of amides is 1. The van der Waals surface area contributed by atoms with Crippen LogP contribution in [0.25, 0.3) is 5.76 Å². The van der Waals surface area contributed by atoms with Gasteiger partial charge in [-0.15, -0.1) is 0 Å². The first-order valence-electron chi connectivity index (χ1n) is 9.47. The molecule has 150 valence electrons. The number of hydrogen-bond donors (Lipinski definition) is 1. The number of likely N-dealkylation sites (tertiary alicyclic amines) is 1. The lowest BCUT2D eigenvalue weighted by Gasteiger charge is -2.25. The maximum atomic E-state index is 13.0. The van der Waals surface area contributed by atoms with Crippen molar-refractivity contribution in [3.8, 4) is 5.75 Å². The highest BCUT2D eigenvalue weighted by Crippen LogP contribution is 2.41. The zero-order chi connectivity index (χ0) is 21.1. The van der Waals surface area contributed by atoms with E-state index < -0.39 is 17.7 Å². The Morgan fingerprint density at radius 2 is 1.77 bits per heavy atom. The lowest BCUT2D eigenvalue weighted by molar-refractivity contribution is -0.140. The van der Waals surface area contributed by atoms with Crippen molar-refractivity contribution in [2.24, 2.45) is 0 Å². The van der Waals surface area contributed by atoms with E-state index in [1.807, 2.05) is 36.4 Å². The number of aromatic nitrogens is 1. The summed E-state index contributed by atoms with van der Waals surface area (Å²) in [5.74, 6) is -1.23. The standard InChI is InChI=1S/C24H20N2O4/c1-30-19-12-6-5-11-18(19)22(27)20-21(17-9-3-2-4-10-17)26(24(29)23(20)28)15-16-8-7-13-25-14-16/h2-14,21,27H,15H2,1H3/b22-20+. The number of pyridine rings is 1. The van der Waals surface area contributed by atoms with Gasteiger partial charge in [-0.2, -0.15) is 0 Å². The van der Waals surface area contributed by atoms with E-state index in [1.165, 1.54) is 12.0 Å². The van der Waals surface area contributed by atoms with E-state index in [4.69, 9.17) is 4.74 Å². The van der Waals surface area contributed by atoms with Crippen LogP contribution in [-0.4, -0.2) is 33.8 Å². The van der Waals surface area contributed by atoms with Crippen molar-refractivity contribution in [3.05, 3.63) is 101 Å². The van der Waals surface area contributed by atoms with Crippen LogP contribution in [0.4, 0.5) is 0 Å². The fourth-order valence-electron chi connectivity index (χ4n) is 3.70. The predicted octanol–water partition coefficient (Wildman–Crippen LogP) is 3.71. The van der Waals surface area contributed by atoms with E-state index in [-0.39, 0.29) is 17.9 Å². The minimum absolute atomic E-state index is 0.0413. The molecule has 6 nitrogen and oxygen atoms in total. The van der Waals surface area contributed by atoms with Crippen LogP contribution in [0.3, 0.4) is 0 Å². The zero-order valence-electron chi connectivity index (χ0n) is 16.4. The third kappa shape index (κ3) is 3.43. The van der Waals surface area contributed by atoms with Crippen LogP contribution in [0.15, 0.2) is 84.7 Å². The van der Waals surface area contributed by atoms with Crippen LogP contribution < -0.4 is 4.74 Å². The fraction of sp³-hybridized carbons (Fsp3) is 0.125. The van der Waals surface area contributed by atoms with E-state index in [2.05, 4.69) is 4.98 Å². The van der Waals surface area contributed by atoms with Crippen LogP contribution in [0, 0.1) is 0 Å². The molecule has 2 aromatic carbocycles. The summed E-state index contributed by atoms with van der Waals surface area (Å²) in [7, 11) is 1.49. The number of rotatable bonds is 5. The third-order valence-corrected chi connectivity index (χ3v) is 5.09. The summed E-state index contributed by atoms with van der Waals surface area (Å²) < 4.78 is 5.34. The van der Waals surface area contributed by atoms with Crippen LogP contribution in [-0.2, 0) is 16.1 Å². The topological polar surface area (TPSA) is 79.7 Å². The van der Waals surface area contributed by atoms with E-state index in [1.54, 1.807) is 42.7 Å². The molecule has 1 amide bonds. The largest absolute Gasteiger partial charge is 0.507 e. The van der Waals surface area contributed by atoms with Gasteiger partial charge in [0.15, 0.2) is 0 Å². The summed E-state index contributed by atoms with van der Waals surface area (Å²) in [4.78, 5) is 31.6. The Labute approximate surface area is 174 Å². The summed E-state index contributed by atoms with van der Waals surface area (Å²) in [5, 5.41) is 11.1. The van der Waals surface area contributed by atoms with Crippen molar-refractivity contribution in [1.29, 1.82) is 0 Å². The van der Waals surface area contributed by atoms with Crippen LogP contribution in [0.5, 0.6) is 5.75 Å². The molecule has 1 saturated heterocycles. The normalized spacial score (nSPS) is 17.9. The van der Waals surface area contributed by atoms with Crippen molar-refractivity contribution in [2.45, 2.75) is 12.6 Å². The highest BCUT2D eigenvalue weighted by Gasteiger charge is 2.46.